The summed E-state index contributed by atoms with van der Waals surface area (Å²) in [4.78, 5) is 18.2. The number of nitrogens with one attached hydrogen (secondary N) is 1. The maximum Gasteiger partial charge on any atom is 0.439 e. The van der Waals surface area contributed by atoms with Gasteiger partial charge in [-0.2, -0.15) is 0 Å². The zero-order chi connectivity index (χ0) is 19.4. The van der Waals surface area contributed by atoms with Crippen LogP contribution in [0.5, 0.6) is 0 Å². The number of pyridine rings is 1. The number of halogens is 3. The van der Waals surface area contributed by atoms with Crippen LogP contribution in [0.2, 0.25) is 0 Å². The molecule has 1 aromatic carbocycles. The first-order valence-corrected chi connectivity index (χ1v) is 8.70. The molecule has 0 aliphatic heterocycles. The molecule has 9 heteroatoms. The third kappa shape index (κ3) is 2.62. The van der Waals surface area contributed by atoms with Crippen LogP contribution in [0.4, 0.5) is 13.2 Å². The summed E-state index contributed by atoms with van der Waals surface area (Å²) in [5.74, 6) is -3.61. The number of rotatable bonds is 2. The molecule has 1 aliphatic carbocycles. The van der Waals surface area contributed by atoms with Crippen molar-refractivity contribution >= 4 is 5.65 Å². The Morgan fingerprint density at radius 1 is 1.14 bits per heavy atom. The molecule has 0 spiro atoms. The number of benzene rings is 1. The number of hydrogen-bond acceptors (Lipinski definition) is 4. The maximum absolute atomic E-state index is 14.2. The van der Waals surface area contributed by atoms with E-state index in [-0.39, 0.29) is 11.5 Å². The van der Waals surface area contributed by atoms with Crippen molar-refractivity contribution < 1.29 is 17.7 Å². The van der Waals surface area contributed by atoms with Crippen molar-refractivity contribution in [3.05, 3.63) is 75.4 Å². The molecular formula is C19H13F3N4O2. The van der Waals surface area contributed by atoms with Gasteiger partial charge in [0.25, 0.3) is 0 Å². The van der Waals surface area contributed by atoms with Crippen molar-refractivity contribution in [2.75, 3.05) is 0 Å². The normalized spacial score (nSPS) is 16.5. The third-order valence-corrected chi connectivity index (χ3v) is 5.17. The lowest BCUT2D eigenvalue weighted by Crippen LogP contribution is -2.15. The molecule has 1 aliphatic rings. The van der Waals surface area contributed by atoms with Gasteiger partial charge in [-0.1, -0.05) is 5.16 Å². The summed E-state index contributed by atoms with van der Waals surface area (Å²) in [6.07, 6.45) is 3.47. The minimum Gasteiger partial charge on any atom is -0.304 e. The van der Waals surface area contributed by atoms with Gasteiger partial charge in [0.2, 0.25) is 0 Å². The van der Waals surface area contributed by atoms with Crippen LogP contribution in [-0.4, -0.2) is 19.5 Å². The van der Waals surface area contributed by atoms with E-state index in [4.69, 9.17) is 0 Å². The predicted molar refractivity (Wildman–Crippen MR) is 92.4 cm³/mol. The van der Waals surface area contributed by atoms with E-state index in [0.717, 1.165) is 17.5 Å². The van der Waals surface area contributed by atoms with Gasteiger partial charge in [0.15, 0.2) is 17.5 Å². The second kappa shape index (κ2) is 6.08. The summed E-state index contributed by atoms with van der Waals surface area (Å²) in [5.41, 5.74) is 3.24. The number of aromatic nitrogens is 4. The van der Waals surface area contributed by atoms with Gasteiger partial charge in [0, 0.05) is 23.5 Å². The lowest BCUT2D eigenvalue weighted by atomic mass is 9.84. The Morgan fingerprint density at radius 2 is 1.96 bits per heavy atom. The van der Waals surface area contributed by atoms with Gasteiger partial charge in [-0.3, -0.25) is 9.51 Å². The molecule has 0 amide bonds. The van der Waals surface area contributed by atoms with Gasteiger partial charge < -0.3 is 4.40 Å². The number of imidazole rings is 1. The van der Waals surface area contributed by atoms with Gasteiger partial charge in [-0.05, 0) is 48.9 Å². The average molecular weight is 386 g/mol. The molecule has 5 rings (SSSR count). The van der Waals surface area contributed by atoms with Crippen molar-refractivity contribution in [2.24, 2.45) is 0 Å². The molecule has 6 nitrogen and oxygen atoms in total. The van der Waals surface area contributed by atoms with Gasteiger partial charge in [-0.15, -0.1) is 0 Å². The fourth-order valence-corrected chi connectivity index (χ4v) is 3.84. The molecule has 0 saturated carbocycles. The van der Waals surface area contributed by atoms with Crippen molar-refractivity contribution in [1.82, 2.24) is 19.5 Å². The van der Waals surface area contributed by atoms with Gasteiger partial charge >= 0.3 is 5.76 Å². The molecule has 3 heterocycles. The molecular weight excluding hydrogens is 373 g/mol. The number of aryl methyl sites for hydroxylation is 1. The van der Waals surface area contributed by atoms with Crippen molar-refractivity contribution in [3.63, 3.8) is 0 Å². The minimum atomic E-state index is -1.19. The minimum absolute atomic E-state index is 0.169. The highest BCUT2D eigenvalue weighted by Crippen LogP contribution is 2.35. The van der Waals surface area contributed by atoms with Crippen LogP contribution in [0.1, 0.15) is 29.3 Å². The van der Waals surface area contributed by atoms with Crippen LogP contribution < -0.4 is 5.76 Å². The second-order valence-electron chi connectivity index (χ2n) is 6.82. The average Bonchev–Trinajstić information content (AvgIpc) is 3.26. The molecule has 142 valence electrons. The van der Waals surface area contributed by atoms with Crippen LogP contribution in [0.25, 0.3) is 17.0 Å². The smallest absolute Gasteiger partial charge is 0.304 e. The lowest BCUT2D eigenvalue weighted by Gasteiger charge is -2.22. The summed E-state index contributed by atoms with van der Waals surface area (Å²) in [6, 6.07) is 5.08. The Kier molecular flexibility index (Phi) is 3.65. The van der Waals surface area contributed by atoms with Crippen LogP contribution >= 0.6 is 0 Å². The Hall–Kier alpha value is -3.36. The quantitative estimate of drug-likeness (QED) is 0.536. The summed E-state index contributed by atoms with van der Waals surface area (Å²) in [7, 11) is 0. The first-order valence-electron chi connectivity index (χ1n) is 8.70. The lowest BCUT2D eigenvalue weighted by molar-refractivity contribution is 0.388. The van der Waals surface area contributed by atoms with E-state index in [1.807, 2.05) is 10.6 Å². The van der Waals surface area contributed by atoms with E-state index in [1.165, 1.54) is 0 Å². The molecule has 0 radical (unpaired) electrons. The van der Waals surface area contributed by atoms with E-state index in [2.05, 4.69) is 19.6 Å². The molecule has 28 heavy (non-hydrogen) atoms. The maximum atomic E-state index is 14.2. The summed E-state index contributed by atoms with van der Waals surface area (Å²) >= 11 is 0. The molecule has 0 saturated heterocycles. The summed E-state index contributed by atoms with van der Waals surface area (Å²) in [5, 5.41) is 3.66. The highest BCUT2D eigenvalue weighted by atomic mass is 19.2. The Morgan fingerprint density at radius 3 is 2.75 bits per heavy atom. The van der Waals surface area contributed by atoms with E-state index >= 15 is 0 Å². The first-order chi connectivity index (χ1) is 13.5. The van der Waals surface area contributed by atoms with Gasteiger partial charge in [-0.25, -0.2) is 22.9 Å². The molecule has 0 fully saturated rings. The van der Waals surface area contributed by atoms with Crippen LogP contribution in [0, 0.1) is 17.5 Å². The van der Waals surface area contributed by atoms with E-state index in [9.17, 15) is 18.0 Å². The number of hydrogen-bond donors (Lipinski definition) is 1. The van der Waals surface area contributed by atoms with E-state index in [0.29, 0.717) is 42.4 Å². The monoisotopic (exact) mass is 386 g/mol. The van der Waals surface area contributed by atoms with Crippen LogP contribution in [0.15, 0.2) is 39.8 Å². The van der Waals surface area contributed by atoms with Crippen LogP contribution in [-0.2, 0) is 12.8 Å². The Bertz CT molecular complexity index is 1270. The Labute approximate surface area is 155 Å². The SMILES string of the molecule is O=c1[nH]c(-c2ccn3c4c(nc3c2)CC(c2cc(F)c(F)cc2F)CC4)no1. The predicted octanol–water partition coefficient (Wildman–Crippen LogP) is 3.37. The summed E-state index contributed by atoms with van der Waals surface area (Å²) < 4.78 is 47.4. The standard InChI is InChI=1S/C19H13F3N4O2/c20-12-8-14(22)13(21)7-11(12)9-1-2-16-15(5-9)23-17-6-10(3-4-26(16)17)18-24-19(27)28-25-18/h3-4,6-9H,1-2,5H2,(H,24,25,27). The molecule has 1 unspecified atom stereocenters. The number of nitrogens with zero attached hydrogens (tertiary/aromatic N) is 3. The van der Waals surface area contributed by atoms with Gasteiger partial charge in [0.1, 0.15) is 11.5 Å². The fourth-order valence-electron chi connectivity index (χ4n) is 3.84. The third-order valence-electron chi connectivity index (χ3n) is 5.17. The van der Waals surface area contributed by atoms with Gasteiger partial charge in [0.05, 0.1) is 5.69 Å². The van der Waals surface area contributed by atoms with Crippen molar-refractivity contribution in [3.8, 4) is 11.4 Å². The molecule has 1 N–H and O–H groups in total. The first kappa shape index (κ1) is 16.8. The van der Waals surface area contributed by atoms with Crippen molar-refractivity contribution in [1.29, 1.82) is 0 Å². The number of fused-ring (bicyclic) bond motifs is 3. The Balaban J connectivity index is 1.52. The molecule has 1 atom stereocenters. The highest BCUT2D eigenvalue weighted by molar-refractivity contribution is 5.61. The van der Waals surface area contributed by atoms with Crippen molar-refractivity contribution in [2.45, 2.75) is 25.2 Å². The largest absolute Gasteiger partial charge is 0.439 e. The fraction of sp³-hybridized carbons (Fsp3) is 0.211. The second-order valence-corrected chi connectivity index (χ2v) is 6.82. The molecule has 0 bridgehead atoms. The number of H-pyrrole nitrogens is 1. The highest BCUT2D eigenvalue weighted by Gasteiger charge is 2.27. The molecule has 4 aromatic rings. The van der Waals surface area contributed by atoms with E-state index in [1.54, 1.807) is 12.1 Å². The molecule has 3 aromatic heterocycles. The zero-order valence-corrected chi connectivity index (χ0v) is 14.4. The van der Waals surface area contributed by atoms with Crippen LogP contribution in [0.3, 0.4) is 0 Å². The number of aromatic amines is 1. The van der Waals surface area contributed by atoms with E-state index < -0.39 is 23.2 Å². The summed E-state index contributed by atoms with van der Waals surface area (Å²) in [6.45, 7) is 0. The zero-order valence-electron chi connectivity index (χ0n) is 14.4. The topological polar surface area (TPSA) is 76.2 Å².